The van der Waals surface area contributed by atoms with Crippen LogP contribution in [0.5, 0.6) is 5.75 Å². The van der Waals surface area contributed by atoms with Crippen molar-refractivity contribution in [3.05, 3.63) is 35.2 Å². The van der Waals surface area contributed by atoms with Crippen molar-refractivity contribution in [3.63, 3.8) is 0 Å². The number of aryl methyl sites for hydroxylation is 2. The topological polar surface area (TPSA) is 164 Å². The number of nitrogens with zero attached hydrogens (tertiary/aromatic N) is 3. The molecule has 0 radical (unpaired) electrons. The number of fused-ring (bicyclic) bond motifs is 1. The first-order valence-electron chi connectivity index (χ1n) is 17.1. The SMILES string of the molecule is Cc1noc(C)c1S(=O)(=O)Nc1ccc2c(c1)C(=O)N([C@@H](C)CO)C[C@@H](C)[C@H](CN(C)C(=O)NC1CCCCC1)OCCCC[C@@H](C)O2. The van der Waals surface area contributed by atoms with Crippen LogP contribution in [0, 0.1) is 19.8 Å². The van der Waals surface area contributed by atoms with Crippen molar-refractivity contribution in [3.8, 4) is 5.75 Å². The Bertz CT molecular complexity index is 1470. The van der Waals surface area contributed by atoms with Crippen LogP contribution in [0.3, 0.4) is 0 Å². The van der Waals surface area contributed by atoms with Gasteiger partial charge in [-0.05, 0) is 78.0 Å². The van der Waals surface area contributed by atoms with Crippen molar-refractivity contribution >= 4 is 27.6 Å². The quantitative estimate of drug-likeness (QED) is 0.351. The number of carbonyl (C=O) groups is 2. The number of carbonyl (C=O) groups excluding carboxylic acids is 2. The number of aliphatic hydroxyl groups is 1. The second kappa shape index (κ2) is 16.8. The number of hydrogen-bond donors (Lipinski definition) is 3. The molecule has 2 aromatic rings. The maximum atomic E-state index is 14.4. The molecule has 1 fully saturated rings. The highest BCUT2D eigenvalue weighted by Gasteiger charge is 2.32. The van der Waals surface area contributed by atoms with E-state index >= 15 is 0 Å². The zero-order valence-corrected chi connectivity index (χ0v) is 30.0. The Hall–Kier alpha value is -3.36. The molecular formula is C34H53N5O8S. The van der Waals surface area contributed by atoms with Gasteiger partial charge in [-0.2, -0.15) is 0 Å². The third-order valence-corrected chi connectivity index (χ3v) is 10.9. The second-order valence-electron chi connectivity index (χ2n) is 13.4. The van der Waals surface area contributed by atoms with Gasteiger partial charge in [-0.1, -0.05) is 31.3 Å². The van der Waals surface area contributed by atoms with Crippen LogP contribution < -0.4 is 14.8 Å². The van der Waals surface area contributed by atoms with Crippen LogP contribution in [-0.2, 0) is 14.8 Å². The summed E-state index contributed by atoms with van der Waals surface area (Å²) < 4.78 is 46.9. The van der Waals surface area contributed by atoms with E-state index in [1.807, 2.05) is 13.8 Å². The minimum absolute atomic E-state index is 0.0634. The lowest BCUT2D eigenvalue weighted by atomic mass is 9.96. The van der Waals surface area contributed by atoms with Crippen LogP contribution in [0.25, 0.3) is 0 Å². The monoisotopic (exact) mass is 691 g/mol. The van der Waals surface area contributed by atoms with Gasteiger partial charge < -0.3 is 34.2 Å². The highest BCUT2D eigenvalue weighted by atomic mass is 32.2. The first-order valence-corrected chi connectivity index (χ1v) is 18.6. The van der Waals surface area contributed by atoms with E-state index < -0.39 is 22.0 Å². The van der Waals surface area contributed by atoms with Crippen molar-refractivity contribution in [1.82, 2.24) is 20.3 Å². The molecule has 0 saturated heterocycles. The van der Waals surface area contributed by atoms with E-state index in [0.717, 1.165) is 38.5 Å². The largest absolute Gasteiger partial charge is 0.490 e. The smallest absolute Gasteiger partial charge is 0.317 e. The fraction of sp³-hybridized carbons (Fsp3) is 0.676. The maximum absolute atomic E-state index is 14.4. The van der Waals surface area contributed by atoms with Gasteiger partial charge in [0.2, 0.25) is 0 Å². The fourth-order valence-corrected chi connectivity index (χ4v) is 7.78. The molecule has 0 bridgehead atoms. The number of benzene rings is 1. The number of amides is 3. The molecule has 1 aliphatic carbocycles. The van der Waals surface area contributed by atoms with E-state index in [9.17, 15) is 23.1 Å². The lowest BCUT2D eigenvalue weighted by Crippen LogP contribution is -2.50. The number of nitrogens with one attached hydrogen (secondary N) is 2. The average molecular weight is 692 g/mol. The molecular weight excluding hydrogens is 638 g/mol. The molecule has 3 N–H and O–H groups in total. The molecule has 268 valence electrons. The Labute approximate surface area is 284 Å². The Morgan fingerprint density at radius 2 is 1.83 bits per heavy atom. The Morgan fingerprint density at radius 3 is 2.50 bits per heavy atom. The van der Waals surface area contributed by atoms with Gasteiger partial charge >= 0.3 is 6.03 Å². The average Bonchev–Trinajstić information content (AvgIpc) is 3.40. The van der Waals surface area contributed by atoms with Crippen LogP contribution in [0.2, 0.25) is 0 Å². The molecule has 13 nitrogen and oxygen atoms in total. The summed E-state index contributed by atoms with van der Waals surface area (Å²) in [5, 5.41) is 17.2. The minimum atomic E-state index is -4.08. The number of sulfonamides is 1. The van der Waals surface area contributed by atoms with Crippen LogP contribution in [0.4, 0.5) is 10.5 Å². The van der Waals surface area contributed by atoms with Gasteiger partial charge in [0.1, 0.15) is 11.4 Å². The zero-order chi connectivity index (χ0) is 35.0. The molecule has 2 aliphatic rings. The third kappa shape index (κ3) is 9.63. The highest BCUT2D eigenvalue weighted by molar-refractivity contribution is 7.92. The molecule has 4 atom stereocenters. The van der Waals surface area contributed by atoms with Crippen molar-refractivity contribution in [2.45, 2.75) is 115 Å². The summed E-state index contributed by atoms with van der Waals surface area (Å²) in [7, 11) is -2.32. The van der Waals surface area contributed by atoms with Gasteiger partial charge in [-0.3, -0.25) is 9.52 Å². The molecule has 14 heteroatoms. The molecule has 1 aromatic heterocycles. The molecule has 4 rings (SSSR count). The second-order valence-corrected chi connectivity index (χ2v) is 15.1. The van der Waals surface area contributed by atoms with Crippen LogP contribution in [0.1, 0.15) is 93.9 Å². The Balaban J connectivity index is 1.62. The number of likely N-dealkylation sites (N-methyl/N-ethyl adjacent to an activating group) is 1. The summed E-state index contributed by atoms with van der Waals surface area (Å²) >= 11 is 0. The van der Waals surface area contributed by atoms with E-state index in [1.54, 1.807) is 42.8 Å². The Kier molecular flexibility index (Phi) is 13.1. The summed E-state index contributed by atoms with van der Waals surface area (Å²) in [5.74, 6) is -0.180. The molecule has 48 heavy (non-hydrogen) atoms. The van der Waals surface area contributed by atoms with Gasteiger partial charge in [-0.25, -0.2) is 13.2 Å². The minimum Gasteiger partial charge on any atom is -0.490 e. The lowest BCUT2D eigenvalue weighted by molar-refractivity contribution is -0.0123. The molecule has 2 heterocycles. The zero-order valence-electron chi connectivity index (χ0n) is 29.2. The fourth-order valence-electron chi connectivity index (χ4n) is 6.40. The number of aromatic nitrogens is 1. The number of urea groups is 1. The number of aliphatic hydroxyl groups excluding tert-OH is 1. The molecule has 0 spiro atoms. The Morgan fingerprint density at radius 1 is 1.12 bits per heavy atom. The molecule has 1 aliphatic heterocycles. The van der Waals surface area contributed by atoms with Gasteiger partial charge in [0, 0.05) is 44.4 Å². The van der Waals surface area contributed by atoms with Crippen LogP contribution >= 0.6 is 0 Å². The molecule has 1 saturated carbocycles. The molecule has 1 aromatic carbocycles. The number of hydrogen-bond acceptors (Lipinski definition) is 9. The number of rotatable bonds is 8. The predicted octanol–water partition coefficient (Wildman–Crippen LogP) is 4.86. The van der Waals surface area contributed by atoms with Crippen LogP contribution in [0.15, 0.2) is 27.6 Å². The van der Waals surface area contributed by atoms with Gasteiger partial charge in [-0.15, -0.1) is 0 Å². The first-order chi connectivity index (χ1) is 22.8. The third-order valence-electron chi connectivity index (χ3n) is 9.27. The predicted molar refractivity (Wildman–Crippen MR) is 182 cm³/mol. The van der Waals surface area contributed by atoms with E-state index in [-0.39, 0.29) is 71.0 Å². The molecule has 0 unspecified atom stereocenters. The number of ether oxygens (including phenoxy) is 2. The van der Waals surface area contributed by atoms with E-state index in [0.29, 0.717) is 25.3 Å². The van der Waals surface area contributed by atoms with Gasteiger partial charge in [0.25, 0.3) is 15.9 Å². The van der Waals surface area contributed by atoms with Crippen molar-refractivity contribution in [2.24, 2.45) is 5.92 Å². The lowest BCUT2D eigenvalue weighted by Gasteiger charge is -2.36. The number of anilines is 1. The van der Waals surface area contributed by atoms with E-state index in [1.165, 1.54) is 19.4 Å². The summed E-state index contributed by atoms with van der Waals surface area (Å²) in [6.07, 6.45) is 7.11. The van der Waals surface area contributed by atoms with Crippen LogP contribution in [-0.4, -0.2) is 98.1 Å². The van der Waals surface area contributed by atoms with E-state index in [2.05, 4.69) is 15.2 Å². The van der Waals surface area contributed by atoms with Gasteiger partial charge in [0.15, 0.2) is 10.7 Å². The normalized spacial score (nSPS) is 22.6. The summed E-state index contributed by atoms with van der Waals surface area (Å²) in [6.45, 7) is 9.46. The first kappa shape index (κ1) is 37.5. The summed E-state index contributed by atoms with van der Waals surface area (Å²) in [4.78, 5) is 30.7. The van der Waals surface area contributed by atoms with Crippen molar-refractivity contribution in [2.75, 3.05) is 38.1 Å². The summed E-state index contributed by atoms with van der Waals surface area (Å²) in [5.41, 5.74) is 0.542. The maximum Gasteiger partial charge on any atom is 0.317 e. The molecule has 3 amide bonds. The standard InChI is InChI=1S/C34H53N5O8S/c1-22-19-39(23(2)21-40)33(41)29-18-28(37-48(43,44)32-25(4)36-47-26(32)5)15-16-30(29)46-24(3)12-10-11-17-45-31(22)20-38(6)34(42)35-27-13-8-7-9-14-27/h15-16,18,22-24,27,31,37,40H,7-14,17,19-21H2,1-6H3,(H,35,42)/t22-,23+,24-,31+/m1/s1. The van der Waals surface area contributed by atoms with E-state index in [4.69, 9.17) is 14.0 Å². The van der Waals surface area contributed by atoms with Crippen molar-refractivity contribution < 1.29 is 37.1 Å². The van der Waals surface area contributed by atoms with Crippen molar-refractivity contribution in [1.29, 1.82) is 0 Å². The summed E-state index contributed by atoms with van der Waals surface area (Å²) in [6, 6.07) is 4.08. The van der Waals surface area contributed by atoms with Gasteiger partial charge in [0.05, 0.1) is 30.4 Å². The highest BCUT2D eigenvalue weighted by Crippen LogP contribution is 2.30.